The monoisotopic (exact) mass is 438 g/mol. The maximum atomic E-state index is 12.7. The topological polar surface area (TPSA) is 78.7 Å². The lowest BCUT2D eigenvalue weighted by molar-refractivity contribution is -0.117. The molecule has 2 aromatic rings. The molecule has 2 heterocycles. The van der Waals surface area contributed by atoms with Crippen LogP contribution in [0.25, 0.3) is 6.08 Å². The third kappa shape index (κ3) is 5.61. The Bertz CT molecular complexity index is 946. The second-order valence-electron chi connectivity index (χ2n) is 8.22. The molecule has 2 aliphatic rings. The van der Waals surface area contributed by atoms with Gasteiger partial charge >= 0.3 is 0 Å². The number of piperazine rings is 1. The van der Waals surface area contributed by atoms with Gasteiger partial charge in [-0.1, -0.05) is 42.5 Å². The second-order valence-corrected chi connectivity index (χ2v) is 9.32. The Kier molecular flexibility index (Phi) is 7.17. The molecule has 0 radical (unpaired) electrons. The number of anilines is 1. The van der Waals surface area contributed by atoms with Crippen molar-refractivity contribution in [3.05, 3.63) is 58.0 Å². The van der Waals surface area contributed by atoms with Crippen LogP contribution in [0.4, 0.5) is 5.00 Å². The van der Waals surface area contributed by atoms with Crippen LogP contribution in [0.3, 0.4) is 0 Å². The van der Waals surface area contributed by atoms with E-state index in [4.69, 9.17) is 5.73 Å². The third-order valence-electron chi connectivity index (χ3n) is 5.98. The summed E-state index contributed by atoms with van der Waals surface area (Å²) >= 11 is 1.52. The molecule has 2 amide bonds. The second kappa shape index (κ2) is 10.2. The van der Waals surface area contributed by atoms with E-state index in [2.05, 4.69) is 39.4 Å². The Labute approximate surface area is 187 Å². The highest BCUT2D eigenvalue weighted by Crippen LogP contribution is 2.37. The van der Waals surface area contributed by atoms with Crippen molar-refractivity contribution in [1.82, 2.24) is 9.80 Å². The number of rotatable bonds is 7. The van der Waals surface area contributed by atoms with Crippen LogP contribution in [0.2, 0.25) is 0 Å². The van der Waals surface area contributed by atoms with Crippen molar-refractivity contribution in [3.8, 4) is 0 Å². The minimum Gasteiger partial charge on any atom is -0.365 e. The van der Waals surface area contributed by atoms with Crippen molar-refractivity contribution in [2.24, 2.45) is 5.73 Å². The fourth-order valence-corrected chi connectivity index (χ4v) is 5.63. The van der Waals surface area contributed by atoms with Crippen LogP contribution in [0, 0.1) is 0 Å². The quantitative estimate of drug-likeness (QED) is 0.697. The van der Waals surface area contributed by atoms with E-state index < -0.39 is 5.91 Å². The molecule has 6 nitrogen and oxygen atoms in total. The Balaban J connectivity index is 1.26. The lowest BCUT2D eigenvalue weighted by atomic mass is 9.95. The van der Waals surface area contributed by atoms with Crippen molar-refractivity contribution in [1.29, 1.82) is 0 Å². The minimum absolute atomic E-state index is 0.0708. The maximum Gasteiger partial charge on any atom is 0.251 e. The van der Waals surface area contributed by atoms with Crippen LogP contribution in [0.15, 0.2) is 36.4 Å². The van der Waals surface area contributed by atoms with Gasteiger partial charge in [0.05, 0.1) is 12.1 Å². The number of nitrogens with zero attached hydrogens (tertiary/aromatic N) is 2. The number of nitrogens with two attached hydrogens (primary N) is 1. The zero-order chi connectivity index (χ0) is 21.6. The van der Waals surface area contributed by atoms with Crippen molar-refractivity contribution < 1.29 is 9.59 Å². The Morgan fingerprint density at radius 2 is 1.74 bits per heavy atom. The first-order chi connectivity index (χ1) is 15.1. The summed E-state index contributed by atoms with van der Waals surface area (Å²) in [7, 11) is 0. The van der Waals surface area contributed by atoms with Crippen LogP contribution in [0.5, 0.6) is 0 Å². The molecule has 4 rings (SSSR count). The first-order valence-electron chi connectivity index (χ1n) is 11.0. The van der Waals surface area contributed by atoms with E-state index in [1.165, 1.54) is 21.8 Å². The summed E-state index contributed by atoms with van der Waals surface area (Å²) in [4.78, 5) is 30.4. The van der Waals surface area contributed by atoms with Gasteiger partial charge in [0.2, 0.25) is 5.91 Å². The van der Waals surface area contributed by atoms with E-state index in [0.29, 0.717) is 17.1 Å². The molecule has 0 saturated carbocycles. The summed E-state index contributed by atoms with van der Waals surface area (Å²) in [5.74, 6) is -0.509. The van der Waals surface area contributed by atoms with E-state index in [1.54, 1.807) is 0 Å². The zero-order valence-electron chi connectivity index (χ0n) is 17.8. The molecule has 0 spiro atoms. The number of hydrogen-bond acceptors (Lipinski definition) is 5. The van der Waals surface area contributed by atoms with Crippen LogP contribution in [-0.2, 0) is 17.6 Å². The Morgan fingerprint density at radius 3 is 2.48 bits per heavy atom. The van der Waals surface area contributed by atoms with Crippen LogP contribution < -0.4 is 11.1 Å². The molecule has 1 aromatic heterocycles. The molecule has 0 bridgehead atoms. The summed E-state index contributed by atoms with van der Waals surface area (Å²) in [5.41, 5.74) is 8.42. The predicted molar refractivity (Wildman–Crippen MR) is 126 cm³/mol. The van der Waals surface area contributed by atoms with Gasteiger partial charge in [0.1, 0.15) is 5.00 Å². The number of aryl methyl sites for hydroxylation is 1. The highest BCUT2D eigenvalue weighted by atomic mass is 32.1. The maximum absolute atomic E-state index is 12.7. The summed E-state index contributed by atoms with van der Waals surface area (Å²) in [6, 6.07) is 10.3. The number of nitrogens with one attached hydrogen (secondary N) is 1. The average Bonchev–Trinajstić information content (AvgIpc) is 3.13. The first-order valence-corrected chi connectivity index (χ1v) is 11.8. The molecular formula is C24H30N4O2S. The number of benzene rings is 1. The zero-order valence-corrected chi connectivity index (χ0v) is 18.6. The molecule has 0 atom stereocenters. The Morgan fingerprint density at radius 1 is 1.03 bits per heavy atom. The van der Waals surface area contributed by atoms with Crippen LogP contribution in [0.1, 0.15) is 39.2 Å². The summed E-state index contributed by atoms with van der Waals surface area (Å²) < 4.78 is 0. The first kappa shape index (κ1) is 21.7. The highest BCUT2D eigenvalue weighted by Gasteiger charge is 2.25. The molecule has 31 heavy (non-hydrogen) atoms. The minimum atomic E-state index is -0.438. The number of primary amides is 1. The molecule has 1 aliphatic heterocycles. The van der Waals surface area contributed by atoms with Crippen molar-refractivity contribution >= 4 is 34.2 Å². The van der Waals surface area contributed by atoms with Crippen LogP contribution in [-0.4, -0.2) is 60.9 Å². The van der Waals surface area contributed by atoms with Gasteiger partial charge in [0, 0.05) is 37.6 Å². The van der Waals surface area contributed by atoms with Crippen molar-refractivity contribution in [2.75, 3.05) is 44.6 Å². The predicted octanol–water partition coefficient (Wildman–Crippen LogP) is 3.00. The van der Waals surface area contributed by atoms with E-state index in [9.17, 15) is 9.59 Å². The van der Waals surface area contributed by atoms with E-state index in [-0.39, 0.29) is 5.91 Å². The fourth-order valence-electron chi connectivity index (χ4n) is 4.32. The summed E-state index contributed by atoms with van der Waals surface area (Å²) in [6.45, 7) is 4.84. The largest absolute Gasteiger partial charge is 0.365 e. The van der Waals surface area contributed by atoms with Gasteiger partial charge in [-0.2, -0.15) is 0 Å². The van der Waals surface area contributed by atoms with Gasteiger partial charge in [0.25, 0.3) is 5.91 Å². The molecule has 0 unspecified atom stereocenters. The number of thiophene rings is 1. The van der Waals surface area contributed by atoms with Gasteiger partial charge in [-0.15, -0.1) is 11.3 Å². The third-order valence-corrected chi connectivity index (χ3v) is 7.18. The smallest absolute Gasteiger partial charge is 0.251 e. The van der Waals surface area contributed by atoms with E-state index in [1.807, 2.05) is 18.2 Å². The fraction of sp³-hybridized carbons (Fsp3) is 0.417. The number of amides is 2. The van der Waals surface area contributed by atoms with E-state index in [0.717, 1.165) is 64.0 Å². The van der Waals surface area contributed by atoms with E-state index >= 15 is 0 Å². The SMILES string of the molecule is NC(=O)c1c(NC(=O)CN2CCN(CC=Cc3ccccc3)CC2)sc2c1CCCC2. The van der Waals surface area contributed by atoms with Gasteiger partial charge in [-0.25, -0.2) is 0 Å². The molecular weight excluding hydrogens is 408 g/mol. The average molecular weight is 439 g/mol. The molecule has 1 aromatic carbocycles. The highest BCUT2D eigenvalue weighted by molar-refractivity contribution is 7.17. The molecule has 1 aliphatic carbocycles. The number of fused-ring (bicyclic) bond motifs is 1. The van der Waals surface area contributed by atoms with Crippen LogP contribution >= 0.6 is 11.3 Å². The van der Waals surface area contributed by atoms with Gasteiger partial charge < -0.3 is 11.1 Å². The number of hydrogen-bond donors (Lipinski definition) is 2. The summed E-state index contributed by atoms with van der Waals surface area (Å²) in [5, 5.41) is 3.61. The standard InChI is InChI=1S/C24H30N4O2S/c25-23(30)22-19-10-4-5-11-20(19)31-24(22)26-21(29)17-28-15-13-27(14-16-28)12-6-9-18-7-2-1-3-8-18/h1-3,6-9H,4-5,10-17H2,(H2,25,30)(H,26,29). The summed E-state index contributed by atoms with van der Waals surface area (Å²) in [6.07, 6.45) is 8.39. The van der Waals surface area contributed by atoms with Gasteiger partial charge in [-0.3, -0.25) is 19.4 Å². The number of carbonyl (C=O) groups excluding carboxylic acids is 2. The number of carbonyl (C=O) groups is 2. The van der Waals surface area contributed by atoms with Gasteiger partial charge in [0.15, 0.2) is 0 Å². The van der Waals surface area contributed by atoms with Gasteiger partial charge in [-0.05, 0) is 36.8 Å². The lowest BCUT2D eigenvalue weighted by Gasteiger charge is -2.33. The molecule has 3 N–H and O–H groups in total. The normalized spacial score (nSPS) is 17.5. The molecule has 1 fully saturated rings. The molecule has 1 saturated heterocycles. The molecule has 7 heteroatoms. The Hall–Kier alpha value is -2.48. The lowest BCUT2D eigenvalue weighted by Crippen LogP contribution is -2.48. The molecule has 164 valence electrons. The van der Waals surface area contributed by atoms with Crippen molar-refractivity contribution in [2.45, 2.75) is 25.7 Å². The van der Waals surface area contributed by atoms with Crippen molar-refractivity contribution in [3.63, 3.8) is 0 Å².